The van der Waals surface area contributed by atoms with E-state index >= 15 is 0 Å². The van der Waals surface area contributed by atoms with Gasteiger partial charge in [-0.25, -0.2) is 9.78 Å². The number of carbonyl (C=O) groups is 2. The van der Waals surface area contributed by atoms with Crippen molar-refractivity contribution in [3.05, 3.63) is 72.8 Å². The number of hydrogen-bond donors (Lipinski definition) is 4. The molecule has 3 aromatic heterocycles. The quantitative estimate of drug-likeness (QED) is 0.358. The summed E-state index contributed by atoms with van der Waals surface area (Å²) in [5.41, 5.74) is 4.74. The number of rotatable bonds is 5. The molecule has 1 fully saturated rings. The van der Waals surface area contributed by atoms with Crippen molar-refractivity contribution in [2.75, 3.05) is 23.3 Å². The summed E-state index contributed by atoms with van der Waals surface area (Å²) in [4.78, 5) is 37.8. The van der Waals surface area contributed by atoms with Crippen LogP contribution in [-0.4, -0.2) is 51.2 Å². The first-order valence-electron chi connectivity index (χ1n) is 11.1. The maximum absolute atomic E-state index is 12.6. The number of carboxylic acid groups (broad SMARTS) is 1. The maximum Gasteiger partial charge on any atom is 0.404 e. The molecule has 9 heteroatoms. The van der Waals surface area contributed by atoms with Gasteiger partial charge in [0.05, 0.1) is 11.3 Å². The van der Waals surface area contributed by atoms with Crippen LogP contribution in [0, 0.1) is 0 Å². The van der Waals surface area contributed by atoms with Crippen molar-refractivity contribution in [1.29, 1.82) is 0 Å². The van der Waals surface area contributed by atoms with Crippen molar-refractivity contribution >= 4 is 34.4 Å². The topological polar surface area (TPSA) is 123 Å². The molecule has 1 aromatic carbocycles. The molecule has 1 atom stereocenters. The highest BCUT2D eigenvalue weighted by Crippen LogP contribution is 2.38. The first-order valence-corrected chi connectivity index (χ1v) is 11.1. The van der Waals surface area contributed by atoms with Crippen molar-refractivity contribution in [1.82, 2.24) is 20.3 Å². The Labute approximate surface area is 195 Å². The van der Waals surface area contributed by atoms with Gasteiger partial charge in [0.2, 0.25) is 0 Å². The number of H-pyrrole nitrogens is 1. The lowest BCUT2D eigenvalue weighted by atomic mass is 9.99. The van der Waals surface area contributed by atoms with Gasteiger partial charge in [-0.2, -0.15) is 0 Å². The Bertz CT molecular complexity index is 1340. The lowest BCUT2D eigenvalue weighted by molar-refractivity contribution is 0.102. The third-order valence-corrected chi connectivity index (χ3v) is 5.98. The number of hydrogen-bond acceptors (Lipinski definition) is 5. The van der Waals surface area contributed by atoms with Gasteiger partial charge >= 0.3 is 6.09 Å². The Kier molecular flexibility index (Phi) is 5.82. The molecule has 5 rings (SSSR count). The molecule has 4 N–H and O–H groups in total. The number of nitrogens with zero attached hydrogens (tertiary/aromatic N) is 3. The van der Waals surface area contributed by atoms with Gasteiger partial charge in [0, 0.05) is 60.6 Å². The molecular formula is C25H24N6O3. The number of aromatic nitrogens is 3. The van der Waals surface area contributed by atoms with Crippen molar-refractivity contribution in [2.24, 2.45) is 0 Å². The fourth-order valence-electron chi connectivity index (χ4n) is 4.48. The van der Waals surface area contributed by atoms with Crippen LogP contribution in [0.1, 0.15) is 23.2 Å². The monoisotopic (exact) mass is 456 g/mol. The highest BCUT2D eigenvalue weighted by molar-refractivity contribution is 6.05. The third kappa shape index (κ3) is 4.40. The molecule has 0 aliphatic carbocycles. The van der Waals surface area contributed by atoms with E-state index in [1.807, 2.05) is 42.7 Å². The van der Waals surface area contributed by atoms with Gasteiger partial charge in [0.1, 0.15) is 5.65 Å². The zero-order chi connectivity index (χ0) is 23.5. The van der Waals surface area contributed by atoms with Crippen LogP contribution in [-0.2, 0) is 0 Å². The lowest BCUT2D eigenvalue weighted by Gasteiger charge is -2.35. The van der Waals surface area contributed by atoms with Crippen molar-refractivity contribution in [2.45, 2.75) is 18.9 Å². The molecule has 1 aliphatic heterocycles. The highest BCUT2D eigenvalue weighted by Gasteiger charge is 2.25. The summed E-state index contributed by atoms with van der Waals surface area (Å²) in [6, 6.07) is 12.9. The van der Waals surface area contributed by atoms with Crippen LogP contribution >= 0.6 is 0 Å². The summed E-state index contributed by atoms with van der Waals surface area (Å²) in [6.07, 6.45) is 7.50. The second-order valence-electron chi connectivity index (χ2n) is 8.27. The number of anilines is 2. The van der Waals surface area contributed by atoms with Crippen molar-refractivity contribution < 1.29 is 14.7 Å². The van der Waals surface area contributed by atoms with Crippen LogP contribution in [0.3, 0.4) is 0 Å². The number of amides is 2. The van der Waals surface area contributed by atoms with Gasteiger partial charge in [0.25, 0.3) is 5.91 Å². The smallest absolute Gasteiger partial charge is 0.404 e. The van der Waals surface area contributed by atoms with Gasteiger partial charge in [-0.15, -0.1) is 0 Å². The predicted octanol–water partition coefficient (Wildman–Crippen LogP) is 4.11. The molecule has 4 heterocycles. The second-order valence-corrected chi connectivity index (χ2v) is 8.27. The standard InChI is InChI=1S/C25H24N6O3/c32-24(17-5-2-9-26-13-17)29-18-6-1-4-16(12-18)21-14-28-23-20(8-10-27-23)22(21)31-11-3-7-19(15-31)30-25(33)34/h1-2,4-6,8-10,12-14,19,30H,3,7,11,15H2,(H,27,28)(H,29,32)(H,33,34). The Hall–Kier alpha value is -4.40. The number of piperidine rings is 1. The predicted molar refractivity (Wildman–Crippen MR) is 130 cm³/mol. The molecular weight excluding hydrogens is 432 g/mol. The molecule has 1 unspecified atom stereocenters. The third-order valence-electron chi connectivity index (χ3n) is 5.98. The minimum Gasteiger partial charge on any atom is -0.465 e. The van der Waals surface area contributed by atoms with E-state index in [9.17, 15) is 14.7 Å². The maximum atomic E-state index is 12.6. The number of nitrogens with one attached hydrogen (secondary N) is 3. The van der Waals surface area contributed by atoms with Gasteiger partial charge in [-0.3, -0.25) is 9.78 Å². The average molecular weight is 457 g/mol. The zero-order valence-electron chi connectivity index (χ0n) is 18.4. The van der Waals surface area contributed by atoms with E-state index in [1.165, 1.54) is 6.20 Å². The summed E-state index contributed by atoms with van der Waals surface area (Å²) in [6.45, 7) is 1.38. The Morgan fingerprint density at radius 2 is 2.06 bits per heavy atom. The van der Waals surface area contributed by atoms with Gasteiger partial charge in [0.15, 0.2) is 0 Å². The highest BCUT2D eigenvalue weighted by atomic mass is 16.4. The first-order chi connectivity index (χ1) is 16.6. The lowest BCUT2D eigenvalue weighted by Crippen LogP contribution is -2.47. The van der Waals surface area contributed by atoms with Crippen LogP contribution < -0.4 is 15.5 Å². The zero-order valence-corrected chi connectivity index (χ0v) is 18.4. The number of pyridine rings is 2. The van der Waals surface area contributed by atoms with Gasteiger partial charge < -0.3 is 25.6 Å². The number of fused-ring (bicyclic) bond motifs is 1. The van der Waals surface area contributed by atoms with E-state index in [1.54, 1.807) is 18.3 Å². The summed E-state index contributed by atoms with van der Waals surface area (Å²) in [5, 5.41) is 15.7. The molecule has 0 spiro atoms. The van der Waals surface area contributed by atoms with Crippen LogP contribution in [0.5, 0.6) is 0 Å². The Morgan fingerprint density at radius 3 is 2.88 bits per heavy atom. The molecule has 0 radical (unpaired) electrons. The van der Waals surface area contributed by atoms with Crippen molar-refractivity contribution in [3.8, 4) is 11.1 Å². The summed E-state index contributed by atoms with van der Waals surface area (Å²) in [7, 11) is 0. The van der Waals surface area contributed by atoms with Gasteiger partial charge in [-0.1, -0.05) is 12.1 Å². The minimum absolute atomic E-state index is 0.147. The summed E-state index contributed by atoms with van der Waals surface area (Å²) >= 11 is 0. The van der Waals surface area contributed by atoms with Crippen LogP contribution in [0.25, 0.3) is 22.2 Å². The molecule has 0 bridgehead atoms. The van der Waals surface area contributed by atoms with Gasteiger partial charge in [-0.05, 0) is 48.7 Å². The number of benzene rings is 1. The van der Waals surface area contributed by atoms with Crippen LogP contribution in [0.2, 0.25) is 0 Å². The average Bonchev–Trinajstić information content (AvgIpc) is 3.33. The minimum atomic E-state index is -1.01. The molecule has 0 saturated carbocycles. The van der Waals surface area contributed by atoms with E-state index in [-0.39, 0.29) is 11.9 Å². The van der Waals surface area contributed by atoms with E-state index in [4.69, 9.17) is 0 Å². The Balaban J connectivity index is 1.50. The summed E-state index contributed by atoms with van der Waals surface area (Å²) in [5.74, 6) is -0.233. The molecule has 172 valence electrons. The van der Waals surface area contributed by atoms with E-state index in [0.717, 1.165) is 47.2 Å². The molecule has 1 aliphatic rings. The van der Waals surface area contributed by atoms with E-state index in [0.29, 0.717) is 17.8 Å². The Morgan fingerprint density at radius 1 is 1.15 bits per heavy atom. The SMILES string of the molecule is O=C(O)NC1CCCN(c2c(-c3cccc(NC(=O)c4cccnc4)c3)cnc3[nH]ccc23)C1. The first kappa shape index (κ1) is 21.4. The van der Waals surface area contributed by atoms with Crippen molar-refractivity contribution in [3.63, 3.8) is 0 Å². The summed E-state index contributed by atoms with van der Waals surface area (Å²) < 4.78 is 0. The van der Waals surface area contributed by atoms with E-state index < -0.39 is 6.09 Å². The normalized spacial score (nSPS) is 15.8. The molecule has 34 heavy (non-hydrogen) atoms. The fraction of sp³-hybridized carbons (Fsp3) is 0.200. The second kappa shape index (κ2) is 9.22. The molecule has 9 nitrogen and oxygen atoms in total. The largest absolute Gasteiger partial charge is 0.465 e. The fourth-order valence-corrected chi connectivity index (χ4v) is 4.48. The van der Waals surface area contributed by atoms with Crippen LogP contribution in [0.15, 0.2) is 67.3 Å². The van der Waals surface area contributed by atoms with E-state index in [2.05, 4.69) is 30.5 Å². The molecule has 1 saturated heterocycles. The van der Waals surface area contributed by atoms with Crippen LogP contribution in [0.4, 0.5) is 16.2 Å². The molecule has 4 aromatic rings. The number of aromatic amines is 1. The number of carbonyl (C=O) groups excluding carboxylic acids is 1. The molecule has 2 amide bonds.